The lowest BCUT2D eigenvalue weighted by Crippen LogP contribution is -2.31. The second kappa shape index (κ2) is 13.4. The third-order valence-corrected chi connectivity index (χ3v) is 8.77. The smallest absolute Gasteiger partial charge is 0.255 e. The Kier molecular flexibility index (Phi) is 9.63. The van der Waals surface area contributed by atoms with Crippen molar-refractivity contribution in [3.63, 3.8) is 0 Å². The maximum Gasteiger partial charge on any atom is 0.255 e. The number of carbonyl (C=O) groups is 1. The number of nitrogens with zero attached hydrogens (tertiary/aromatic N) is 3. The number of methoxy groups -OCH3 is 1. The van der Waals surface area contributed by atoms with Crippen LogP contribution in [0.15, 0.2) is 75.5 Å². The first-order chi connectivity index (χ1) is 20.7. The Morgan fingerprint density at radius 2 is 2.00 bits per heavy atom. The Morgan fingerprint density at radius 1 is 1.21 bits per heavy atom. The molecule has 12 heteroatoms. The summed E-state index contributed by atoms with van der Waals surface area (Å²) < 4.78 is 28.4. The molecule has 224 valence electrons. The standard InChI is InChI=1S/C31H30BrClFN5O3S/c1-5-12-43-31-37-30-35-18(3)26(29(40)36-20-9-6-8-17(2)13-20)27(39(30)38-31)19-14-22(32)28(25(15-19)41-4)42-16-21-23(33)10-7-11-24(21)34/h6-11,13-15,27H,5,12,16H2,1-4H3,(H,36,40)(H,35,37,38). The Morgan fingerprint density at radius 3 is 2.72 bits per heavy atom. The maximum absolute atomic E-state index is 14.4. The van der Waals surface area contributed by atoms with E-state index in [1.807, 2.05) is 44.2 Å². The molecule has 0 fully saturated rings. The van der Waals surface area contributed by atoms with E-state index in [1.165, 1.54) is 19.2 Å². The number of allylic oxidation sites excluding steroid dienone is 1. The Bertz CT molecular complexity index is 1690. The SMILES string of the molecule is CCCSc1nc2n(n1)C(c1cc(Br)c(OCc3c(F)cccc3Cl)c(OC)c1)C(C(=O)Nc1cccc(C)c1)=C(C)N2. The van der Waals surface area contributed by atoms with Crippen molar-refractivity contribution in [1.29, 1.82) is 0 Å². The van der Waals surface area contributed by atoms with Gasteiger partial charge in [0.1, 0.15) is 18.5 Å². The predicted molar refractivity (Wildman–Crippen MR) is 172 cm³/mol. The van der Waals surface area contributed by atoms with Gasteiger partial charge in [-0.1, -0.05) is 48.5 Å². The second-order valence-corrected chi connectivity index (χ2v) is 12.2. The van der Waals surface area contributed by atoms with Crippen LogP contribution < -0.4 is 20.1 Å². The number of hydrogen-bond donors (Lipinski definition) is 2. The van der Waals surface area contributed by atoms with Gasteiger partial charge in [0.05, 0.1) is 22.2 Å². The molecule has 1 aliphatic heterocycles. The van der Waals surface area contributed by atoms with Crippen molar-refractivity contribution in [2.45, 2.75) is 45.0 Å². The van der Waals surface area contributed by atoms with Crippen LogP contribution in [0.25, 0.3) is 0 Å². The Labute approximate surface area is 267 Å². The minimum Gasteiger partial charge on any atom is -0.493 e. The number of amides is 1. The third kappa shape index (κ3) is 6.68. The van der Waals surface area contributed by atoms with Crippen LogP contribution >= 0.6 is 39.3 Å². The third-order valence-electron chi connectivity index (χ3n) is 6.78. The second-order valence-electron chi connectivity index (χ2n) is 9.92. The van der Waals surface area contributed by atoms with E-state index in [1.54, 1.807) is 28.6 Å². The molecule has 1 atom stereocenters. The van der Waals surface area contributed by atoms with E-state index in [0.29, 0.717) is 49.6 Å². The normalized spacial score (nSPS) is 14.3. The average Bonchev–Trinajstić information content (AvgIpc) is 3.37. The van der Waals surface area contributed by atoms with Gasteiger partial charge in [-0.25, -0.2) is 9.07 Å². The summed E-state index contributed by atoms with van der Waals surface area (Å²) in [5.41, 5.74) is 3.76. The summed E-state index contributed by atoms with van der Waals surface area (Å²) in [5.74, 6) is 1.39. The lowest BCUT2D eigenvalue weighted by Gasteiger charge is -2.29. The summed E-state index contributed by atoms with van der Waals surface area (Å²) in [6, 6.07) is 15.1. The zero-order chi connectivity index (χ0) is 30.7. The molecule has 1 unspecified atom stereocenters. The molecule has 8 nitrogen and oxygen atoms in total. The molecule has 3 aromatic carbocycles. The van der Waals surface area contributed by atoms with Gasteiger partial charge in [-0.15, -0.1) is 5.10 Å². The van der Waals surface area contributed by atoms with Crippen molar-refractivity contribution in [3.05, 3.63) is 97.9 Å². The van der Waals surface area contributed by atoms with Gasteiger partial charge in [0.2, 0.25) is 11.1 Å². The molecule has 1 aromatic heterocycles. The summed E-state index contributed by atoms with van der Waals surface area (Å²) in [7, 11) is 1.52. The number of halogens is 3. The fourth-order valence-corrected chi connectivity index (χ4v) is 6.24. The van der Waals surface area contributed by atoms with Crippen molar-refractivity contribution < 1.29 is 18.7 Å². The van der Waals surface area contributed by atoms with Crippen LogP contribution in [0.3, 0.4) is 0 Å². The van der Waals surface area contributed by atoms with Gasteiger partial charge in [0.25, 0.3) is 5.91 Å². The largest absolute Gasteiger partial charge is 0.493 e. The number of carbonyl (C=O) groups excluding carboxylic acids is 1. The van der Waals surface area contributed by atoms with Crippen LogP contribution in [0.4, 0.5) is 16.0 Å². The van der Waals surface area contributed by atoms with Gasteiger partial charge in [-0.3, -0.25) is 4.79 Å². The molecule has 4 aromatic rings. The lowest BCUT2D eigenvalue weighted by atomic mass is 9.94. The van der Waals surface area contributed by atoms with Crippen LogP contribution in [0, 0.1) is 12.7 Å². The van der Waals surface area contributed by atoms with E-state index in [9.17, 15) is 9.18 Å². The molecular weight excluding hydrogens is 657 g/mol. The fraction of sp³-hybridized carbons (Fsp3) is 0.258. The molecule has 0 spiro atoms. The van der Waals surface area contributed by atoms with Gasteiger partial charge in [0.15, 0.2) is 11.5 Å². The topological polar surface area (TPSA) is 90.3 Å². The highest BCUT2D eigenvalue weighted by Gasteiger charge is 2.35. The highest BCUT2D eigenvalue weighted by atomic mass is 79.9. The molecule has 0 saturated carbocycles. The Hall–Kier alpha value is -3.54. The zero-order valence-corrected chi connectivity index (χ0v) is 27.2. The number of anilines is 2. The number of rotatable bonds is 10. The summed E-state index contributed by atoms with van der Waals surface area (Å²) in [4.78, 5) is 18.6. The van der Waals surface area contributed by atoms with Crippen LogP contribution in [0.1, 0.15) is 43.0 Å². The molecule has 43 heavy (non-hydrogen) atoms. The number of aryl methyl sites for hydroxylation is 1. The first kappa shape index (κ1) is 30.9. The molecular formula is C31H30BrClFN5O3S. The average molecular weight is 687 g/mol. The highest BCUT2D eigenvalue weighted by Crippen LogP contribution is 2.43. The van der Waals surface area contributed by atoms with Crippen molar-refractivity contribution in [2.75, 3.05) is 23.5 Å². The zero-order valence-electron chi connectivity index (χ0n) is 24.0. The minimum atomic E-state index is -0.648. The quantitative estimate of drug-likeness (QED) is 0.163. The monoisotopic (exact) mass is 685 g/mol. The number of nitrogens with one attached hydrogen (secondary N) is 2. The number of hydrogen-bond acceptors (Lipinski definition) is 7. The molecule has 5 rings (SSSR count). The predicted octanol–water partition coefficient (Wildman–Crippen LogP) is 8.16. The van der Waals surface area contributed by atoms with E-state index < -0.39 is 11.9 Å². The molecule has 1 aliphatic rings. The number of fused-ring (bicyclic) bond motifs is 1. The number of aromatic nitrogens is 3. The summed E-state index contributed by atoms with van der Waals surface area (Å²) >= 11 is 11.4. The summed E-state index contributed by atoms with van der Waals surface area (Å²) in [6.07, 6.45) is 0.969. The maximum atomic E-state index is 14.4. The van der Waals surface area contributed by atoms with Crippen LogP contribution in [-0.4, -0.2) is 33.5 Å². The van der Waals surface area contributed by atoms with E-state index in [2.05, 4.69) is 38.5 Å². The van der Waals surface area contributed by atoms with Crippen LogP contribution in [0.5, 0.6) is 11.5 Å². The molecule has 0 radical (unpaired) electrons. The van der Waals surface area contributed by atoms with E-state index in [0.717, 1.165) is 17.7 Å². The first-order valence-electron chi connectivity index (χ1n) is 13.6. The van der Waals surface area contributed by atoms with Crippen molar-refractivity contribution in [2.24, 2.45) is 0 Å². The lowest BCUT2D eigenvalue weighted by molar-refractivity contribution is -0.113. The van der Waals surface area contributed by atoms with Crippen molar-refractivity contribution >= 4 is 56.8 Å². The molecule has 2 N–H and O–H groups in total. The summed E-state index contributed by atoms with van der Waals surface area (Å²) in [5, 5.41) is 12.0. The highest BCUT2D eigenvalue weighted by molar-refractivity contribution is 9.10. The fourth-order valence-electron chi connectivity index (χ4n) is 4.76. The molecule has 2 heterocycles. The van der Waals surface area contributed by atoms with E-state index in [4.69, 9.17) is 26.2 Å². The Balaban J connectivity index is 1.56. The van der Waals surface area contributed by atoms with Gasteiger partial charge < -0.3 is 20.1 Å². The van der Waals surface area contributed by atoms with E-state index in [-0.39, 0.29) is 23.1 Å². The van der Waals surface area contributed by atoms with E-state index >= 15 is 0 Å². The van der Waals surface area contributed by atoms with Crippen LogP contribution in [0.2, 0.25) is 5.02 Å². The first-order valence-corrected chi connectivity index (χ1v) is 15.7. The number of thioether (sulfide) groups is 1. The van der Waals surface area contributed by atoms with Gasteiger partial charge >= 0.3 is 0 Å². The van der Waals surface area contributed by atoms with Gasteiger partial charge in [0, 0.05) is 22.7 Å². The number of benzene rings is 3. The van der Waals surface area contributed by atoms with Crippen molar-refractivity contribution in [1.82, 2.24) is 14.8 Å². The molecule has 1 amide bonds. The van der Waals surface area contributed by atoms with Crippen LogP contribution in [-0.2, 0) is 11.4 Å². The molecule has 0 aliphatic carbocycles. The minimum absolute atomic E-state index is 0.110. The molecule has 0 saturated heterocycles. The van der Waals surface area contributed by atoms with Gasteiger partial charge in [-0.05, 0) is 83.7 Å². The summed E-state index contributed by atoms with van der Waals surface area (Å²) in [6.45, 7) is 5.80. The number of ether oxygens (including phenoxy) is 2. The molecule has 0 bridgehead atoms. The van der Waals surface area contributed by atoms with Crippen molar-refractivity contribution in [3.8, 4) is 11.5 Å². The van der Waals surface area contributed by atoms with Gasteiger partial charge in [-0.2, -0.15) is 4.98 Å².